The first-order valence-electron chi connectivity index (χ1n) is 3.81. The van der Waals surface area contributed by atoms with Gasteiger partial charge in [-0.1, -0.05) is 0 Å². The quantitative estimate of drug-likeness (QED) is 0.721. The highest BCUT2D eigenvalue weighted by molar-refractivity contribution is 5.75. The molecule has 0 fully saturated rings. The van der Waals surface area contributed by atoms with Gasteiger partial charge < -0.3 is 5.32 Å². The molecule has 0 bridgehead atoms. The fourth-order valence-corrected chi connectivity index (χ4v) is 0.620. The van der Waals surface area contributed by atoms with Gasteiger partial charge in [0.15, 0.2) is 0 Å². The molecule has 0 atom stereocenters. The maximum absolute atomic E-state index is 12.2. The topological polar surface area (TPSA) is 29.1 Å². The molecule has 0 aromatic heterocycles. The molecule has 0 heterocycles. The molecule has 0 aromatic rings. The van der Waals surface area contributed by atoms with Crippen LogP contribution in [0.3, 0.4) is 0 Å². The van der Waals surface area contributed by atoms with Gasteiger partial charge in [0.05, 0.1) is 0 Å². The summed E-state index contributed by atoms with van der Waals surface area (Å²) in [5.74, 6) is -4.06. The Bertz CT molecular complexity index is 175. The van der Waals surface area contributed by atoms with Crippen molar-refractivity contribution in [2.24, 2.45) is 0 Å². The van der Waals surface area contributed by atoms with E-state index in [0.29, 0.717) is 6.92 Å². The van der Waals surface area contributed by atoms with Crippen LogP contribution in [0.4, 0.5) is 22.0 Å². The highest BCUT2D eigenvalue weighted by Gasteiger charge is 2.28. The predicted molar refractivity (Wildman–Crippen MR) is 38.9 cm³/mol. The first-order valence-corrected chi connectivity index (χ1v) is 3.81. The molecule has 0 saturated heterocycles. The third-order valence-corrected chi connectivity index (χ3v) is 1.28. The average molecular weight is 219 g/mol. The van der Waals surface area contributed by atoms with Crippen LogP contribution in [0.25, 0.3) is 0 Å². The lowest BCUT2D eigenvalue weighted by atomic mass is 10.2. The average Bonchev–Trinajstić information content (AvgIpc) is 1.94. The molecule has 0 aromatic carbocycles. The van der Waals surface area contributed by atoms with Crippen molar-refractivity contribution in [3.05, 3.63) is 0 Å². The number of carbonyl (C=O) groups excluding carboxylic acids is 1. The van der Waals surface area contributed by atoms with Crippen molar-refractivity contribution in [3.63, 3.8) is 0 Å². The standard InChI is InChI=1S/C7H10F5NO/c1-6(8,9)3-2-5(14)13-4-7(10,11)12/h2-4H2,1H3,(H,13,14). The fraction of sp³-hybridized carbons (Fsp3) is 0.857. The van der Waals surface area contributed by atoms with Gasteiger partial charge in [-0.15, -0.1) is 0 Å². The molecule has 0 radical (unpaired) electrons. The van der Waals surface area contributed by atoms with Crippen molar-refractivity contribution in [3.8, 4) is 0 Å². The Hall–Kier alpha value is -0.880. The van der Waals surface area contributed by atoms with Crippen LogP contribution < -0.4 is 5.32 Å². The van der Waals surface area contributed by atoms with E-state index >= 15 is 0 Å². The molecule has 14 heavy (non-hydrogen) atoms. The summed E-state index contributed by atoms with van der Waals surface area (Å²) in [5.41, 5.74) is 0. The van der Waals surface area contributed by atoms with Crippen LogP contribution in [0.1, 0.15) is 19.8 Å². The van der Waals surface area contributed by atoms with Crippen molar-refractivity contribution in [2.45, 2.75) is 31.9 Å². The van der Waals surface area contributed by atoms with Crippen LogP contribution in [0.5, 0.6) is 0 Å². The molecular formula is C7H10F5NO. The van der Waals surface area contributed by atoms with E-state index in [2.05, 4.69) is 0 Å². The third kappa shape index (κ3) is 9.21. The van der Waals surface area contributed by atoms with E-state index in [9.17, 15) is 26.7 Å². The summed E-state index contributed by atoms with van der Waals surface area (Å²) in [6, 6.07) is 0. The lowest BCUT2D eigenvalue weighted by Gasteiger charge is -2.11. The number of hydrogen-bond donors (Lipinski definition) is 1. The summed E-state index contributed by atoms with van der Waals surface area (Å²) >= 11 is 0. The minimum absolute atomic E-state index is 0.601. The van der Waals surface area contributed by atoms with Gasteiger partial charge in [-0.25, -0.2) is 8.78 Å². The summed E-state index contributed by atoms with van der Waals surface area (Å²) in [7, 11) is 0. The van der Waals surface area contributed by atoms with Gasteiger partial charge in [0, 0.05) is 12.8 Å². The number of carbonyl (C=O) groups is 1. The number of halogens is 5. The Labute approximate surface area is 77.5 Å². The van der Waals surface area contributed by atoms with E-state index in [1.165, 1.54) is 5.32 Å². The van der Waals surface area contributed by atoms with Crippen molar-refractivity contribution >= 4 is 5.91 Å². The number of rotatable bonds is 4. The molecular weight excluding hydrogens is 209 g/mol. The van der Waals surface area contributed by atoms with Gasteiger partial charge in [-0.2, -0.15) is 13.2 Å². The molecule has 0 aliphatic heterocycles. The second kappa shape index (κ2) is 4.56. The van der Waals surface area contributed by atoms with Gasteiger partial charge in [-0.05, 0) is 6.92 Å². The van der Waals surface area contributed by atoms with Crippen LogP contribution in [-0.4, -0.2) is 24.6 Å². The number of alkyl halides is 5. The monoisotopic (exact) mass is 219 g/mol. The van der Waals surface area contributed by atoms with E-state index in [-0.39, 0.29) is 0 Å². The van der Waals surface area contributed by atoms with Gasteiger partial charge in [0.1, 0.15) is 6.54 Å². The summed E-state index contributed by atoms with van der Waals surface area (Å²) in [6.07, 6.45) is -5.87. The van der Waals surface area contributed by atoms with Gasteiger partial charge in [0.2, 0.25) is 11.8 Å². The zero-order valence-corrected chi connectivity index (χ0v) is 7.42. The minimum atomic E-state index is -4.51. The van der Waals surface area contributed by atoms with E-state index in [1.54, 1.807) is 0 Å². The number of hydrogen-bond acceptors (Lipinski definition) is 1. The molecule has 1 amide bonds. The predicted octanol–water partition coefficient (Wildman–Crippen LogP) is 2.10. The van der Waals surface area contributed by atoms with Crippen LogP contribution in [0.2, 0.25) is 0 Å². The van der Waals surface area contributed by atoms with Crippen LogP contribution in [0, 0.1) is 0 Å². The van der Waals surface area contributed by atoms with Crippen molar-refractivity contribution in [2.75, 3.05) is 6.54 Å². The van der Waals surface area contributed by atoms with Gasteiger partial charge in [-0.3, -0.25) is 4.79 Å². The first kappa shape index (κ1) is 13.1. The third-order valence-electron chi connectivity index (χ3n) is 1.28. The largest absolute Gasteiger partial charge is 0.405 e. The number of nitrogens with one attached hydrogen (secondary N) is 1. The van der Waals surface area contributed by atoms with Crippen LogP contribution >= 0.6 is 0 Å². The Morgan fingerprint density at radius 1 is 1.21 bits per heavy atom. The lowest BCUT2D eigenvalue weighted by molar-refractivity contribution is -0.139. The van der Waals surface area contributed by atoms with E-state index < -0.39 is 37.4 Å². The lowest BCUT2D eigenvalue weighted by Crippen LogP contribution is -2.34. The minimum Gasteiger partial charge on any atom is -0.347 e. The molecule has 7 heteroatoms. The molecule has 1 N–H and O–H groups in total. The molecule has 84 valence electrons. The summed E-state index contributed by atoms with van der Waals surface area (Å²) < 4.78 is 58.9. The second-order valence-electron chi connectivity index (χ2n) is 2.96. The highest BCUT2D eigenvalue weighted by Crippen LogP contribution is 2.18. The zero-order chi connectivity index (χ0) is 11.4. The Morgan fingerprint density at radius 3 is 2.07 bits per heavy atom. The zero-order valence-electron chi connectivity index (χ0n) is 7.42. The fourth-order valence-electron chi connectivity index (χ4n) is 0.620. The van der Waals surface area contributed by atoms with Crippen molar-refractivity contribution in [1.29, 1.82) is 0 Å². The van der Waals surface area contributed by atoms with Crippen LogP contribution in [-0.2, 0) is 4.79 Å². The summed E-state index contributed by atoms with van der Waals surface area (Å²) in [4.78, 5) is 10.6. The Kier molecular flexibility index (Phi) is 4.28. The SMILES string of the molecule is CC(F)(F)CCC(=O)NCC(F)(F)F. The molecule has 0 rings (SSSR count). The normalized spacial score (nSPS) is 12.7. The van der Waals surface area contributed by atoms with Crippen molar-refractivity contribution in [1.82, 2.24) is 5.32 Å². The Morgan fingerprint density at radius 2 is 1.71 bits per heavy atom. The van der Waals surface area contributed by atoms with Crippen molar-refractivity contribution < 1.29 is 26.7 Å². The van der Waals surface area contributed by atoms with Crippen LogP contribution in [0.15, 0.2) is 0 Å². The highest BCUT2D eigenvalue weighted by atomic mass is 19.4. The second-order valence-corrected chi connectivity index (χ2v) is 2.96. The van der Waals surface area contributed by atoms with E-state index in [4.69, 9.17) is 0 Å². The summed E-state index contributed by atoms with van der Waals surface area (Å²) in [5, 5.41) is 1.50. The first-order chi connectivity index (χ1) is 6.10. The number of amides is 1. The molecule has 0 unspecified atom stereocenters. The summed E-state index contributed by atoms with van der Waals surface area (Å²) in [6.45, 7) is -0.884. The van der Waals surface area contributed by atoms with Gasteiger partial charge in [0.25, 0.3) is 0 Å². The van der Waals surface area contributed by atoms with E-state index in [0.717, 1.165) is 0 Å². The van der Waals surface area contributed by atoms with E-state index in [1.807, 2.05) is 0 Å². The Balaban J connectivity index is 3.68. The maximum Gasteiger partial charge on any atom is 0.405 e. The maximum atomic E-state index is 12.2. The molecule has 0 spiro atoms. The molecule has 0 aliphatic rings. The molecule has 0 aliphatic carbocycles. The smallest absolute Gasteiger partial charge is 0.347 e. The van der Waals surface area contributed by atoms with Gasteiger partial charge >= 0.3 is 6.18 Å². The molecule has 2 nitrogen and oxygen atoms in total. The molecule has 0 saturated carbocycles.